The number of anilines is 1. The maximum absolute atomic E-state index is 3.50. The van der Waals surface area contributed by atoms with Gasteiger partial charge in [0.15, 0.2) is 0 Å². The third kappa shape index (κ3) is 2.63. The normalized spacial score (nSPS) is 23.3. The number of para-hydroxylation sites is 1. The Morgan fingerprint density at radius 2 is 2.00 bits per heavy atom. The maximum Gasteiger partial charge on any atom is 0.0376 e. The first-order chi connectivity index (χ1) is 8.33. The summed E-state index contributed by atoms with van der Waals surface area (Å²) in [5.41, 5.74) is 2.87. The lowest BCUT2D eigenvalue weighted by Gasteiger charge is -2.30. The molecule has 0 saturated heterocycles. The number of fused-ring (bicyclic) bond motifs is 1. The molecule has 1 heterocycles. The summed E-state index contributed by atoms with van der Waals surface area (Å²) in [5, 5.41) is 3.50. The van der Waals surface area contributed by atoms with E-state index in [0.717, 1.165) is 18.4 Å². The molecule has 1 aliphatic heterocycles. The van der Waals surface area contributed by atoms with E-state index in [0.29, 0.717) is 0 Å². The molecule has 0 spiro atoms. The number of hydrogen-bond donors (Lipinski definition) is 1. The minimum atomic E-state index is 0.719. The zero-order valence-corrected chi connectivity index (χ0v) is 10.7. The standard InChI is InChI=1S/C15H22N2/c1-17(10-12-6-7-12)11-13-8-9-16-15-5-3-2-4-14(13)15/h2-5,12-13,16H,6-11H2,1H3. The fourth-order valence-corrected chi connectivity index (χ4v) is 2.93. The van der Waals surface area contributed by atoms with Gasteiger partial charge in [0.05, 0.1) is 0 Å². The first-order valence-corrected chi connectivity index (χ1v) is 6.84. The summed E-state index contributed by atoms with van der Waals surface area (Å²) in [7, 11) is 2.28. The molecule has 2 heteroatoms. The van der Waals surface area contributed by atoms with Crippen molar-refractivity contribution in [1.82, 2.24) is 4.90 Å². The van der Waals surface area contributed by atoms with Gasteiger partial charge in [0.1, 0.15) is 0 Å². The number of benzene rings is 1. The molecule has 1 N–H and O–H groups in total. The largest absolute Gasteiger partial charge is 0.385 e. The lowest BCUT2D eigenvalue weighted by molar-refractivity contribution is 0.293. The quantitative estimate of drug-likeness (QED) is 0.855. The van der Waals surface area contributed by atoms with Gasteiger partial charge in [-0.25, -0.2) is 0 Å². The molecule has 0 radical (unpaired) electrons. The molecular weight excluding hydrogens is 208 g/mol. The third-order valence-electron chi connectivity index (χ3n) is 4.01. The number of hydrogen-bond acceptors (Lipinski definition) is 2. The van der Waals surface area contributed by atoms with Crippen molar-refractivity contribution >= 4 is 5.69 Å². The predicted octanol–water partition coefficient (Wildman–Crippen LogP) is 2.93. The van der Waals surface area contributed by atoms with E-state index < -0.39 is 0 Å². The summed E-state index contributed by atoms with van der Waals surface area (Å²) < 4.78 is 0. The summed E-state index contributed by atoms with van der Waals surface area (Å²) in [6, 6.07) is 8.79. The molecule has 1 aromatic rings. The molecule has 2 nitrogen and oxygen atoms in total. The van der Waals surface area contributed by atoms with E-state index in [9.17, 15) is 0 Å². The van der Waals surface area contributed by atoms with E-state index in [4.69, 9.17) is 0 Å². The van der Waals surface area contributed by atoms with Gasteiger partial charge in [0.25, 0.3) is 0 Å². The molecule has 17 heavy (non-hydrogen) atoms. The predicted molar refractivity (Wildman–Crippen MR) is 72.5 cm³/mol. The van der Waals surface area contributed by atoms with Gasteiger partial charge in [-0.3, -0.25) is 0 Å². The number of nitrogens with one attached hydrogen (secondary N) is 1. The fourth-order valence-electron chi connectivity index (χ4n) is 2.93. The summed E-state index contributed by atoms with van der Waals surface area (Å²) in [6.45, 7) is 3.64. The number of rotatable bonds is 4. The highest BCUT2D eigenvalue weighted by atomic mass is 15.1. The first-order valence-electron chi connectivity index (χ1n) is 6.84. The van der Waals surface area contributed by atoms with Crippen molar-refractivity contribution in [2.24, 2.45) is 5.92 Å². The second-order valence-electron chi connectivity index (χ2n) is 5.66. The van der Waals surface area contributed by atoms with Crippen LogP contribution in [0.4, 0.5) is 5.69 Å². The van der Waals surface area contributed by atoms with Crippen LogP contribution >= 0.6 is 0 Å². The van der Waals surface area contributed by atoms with Crippen LogP contribution in [0.3, 0.4) is 0 Å². The van der Waals surface area contributed by atoms with E-state index in [2.05, 4.69) is 41.5 Å². The van der Waals surface area contributed by atoms with Gasteiger partial charge in [-0.2, -0.15) is 0 Å². The Bertz CT molecular complexity index is 384. The zero-order valence-electron chi connectivity index (χ0n) is 10.7. The highest BCUT2D eigenvalue weighted by molar-refractivity contribution is 5.54. The minimum absolute atomic E-state index is 0.719. The van der Waals surface area contributed by atoms with E-state index in [1.165, 1.54) is 43.6 Å². The molecule has 0 amide bonds. The highest BCUT2D eigenvalue weighted by Gasteiger charge is 2.25. The van der Waals surface area contributed by atoms with Crippen LogP contribution in [0, 0.1) is 5.92 Å². The highest BCUT2D eigenvalue weighted by Crippen LogP contribution is 2.33. The van der Waals surface area contributed by atoms with Crippen molar-refractivity contribution < 1.29 is 0 Å². The van der Waals surface area contributed by atoms with Crippen LogP contribution in [0.5, 0.6) is 0 Å². The minimum Gasteiger partial charge on any atom is -0.385 e. The topological polar surface area (TPSA) is 15.3 Å². The maximum atomic E-state index is 3.50. The van der Waals surface area contributed by atoms with Crippen LogP contribution in [0.2, 0.25) is 0 Å². The molecule has 1 unspecified atom stereocenters. The van der Waals surface area contributed by atoms with Gasteiger partial charge < -0.3 is 10.2 Å². The smallest absolute Gasteiger partial charge is 0.0376 e. The molecule has 1 atom stereocenters. The van der Waals surface area contributed by atoms with Gasteiger partial charge in [-0.15, -0.1) is 0 Å². The van der Waals surface area contributed by atoms with E-state index in [1.807, 2.05) is 0 Å². The van der Waals surface area contributed by atoms with Crippen LogP contribution in [0.15, 0.2) is 24.3 Å². The first kappa shape index (κ1) is 11.1. The summed E-state index contributed by atoms with van der Waals surface area (Å²) in [4.78, 5) is 2.53. The van der Waals surface area contributed by atoms with Crippen LogP contribution in [-0.2, 0) is 0 Å². The average molecular weight is 230 g/mol. The molecule has 2 aliphatic rings. The molecule has 1 aromatic carbocycles. The Balaban J connectivity index is 1.67. The van der Waals surface area contributed by atoms with Gasteiger partial charge in [-0.1, -0.05) is 18.2 Å². The summed E-state index contributed by atoms with van der Waals surface area (Å²) >= 11 is 0. The van der Waals surface area contributed by atoms with Gasteiger partial charge in [0.2, 0.25) is 0 Å². The Labute approximate surface area is 104 Å². The van der Waals surface area contributed by atoms with Crippen molar-refractivity contribution in [2.45, 2.75) is 25.2 Å². The lowest BCUT2D eigenvalue weighted by Crippen LogP contribution is -2.30. The third-order valence-corrected chi connectivity index (χ3v) is 4.01. The van der Waals surface area contributed by atoms with Crippen LogP contribution in [0.25, 0.3) is 0 Å². The second kappa shape index (κ2) is 4.69. The molecule has 3 rings (SSSR count). The van der Waals surface area contributed by atoms with Gasteiger partial charge >= 0.3 is 0 Å². The molecule has 92 valence electrons. The van der Waals surface area contributed by atoms with E-state index in [-0.39, 0.29) is 0 Å². The summed E-state index contributed by atoms with van der Waals surface area (Å²) in [6.07, 6.45) is 4.17. The fraction of sp³-hybridized carbons (Fsp3) is 0.600. The monoisotopic (exact) mass is 230 g/mol. The van der Waals surface area contributed by atoms with Crippen molar-refractivity contribution in [3.8, 4) is 0 Å². The average Bonchev–Trinajstić information content (AvgIpc) is 3.13. The molecular formula is C15H22N2. The lowest BCUT2D eigenvalue weighted by atomic mass is 9.90. The number of likely N-dealkylation sites (N-methyl/N-ethyl adjacent to an activating group) is 1. The number of nitrogens with zero attached hydrogens (tertiary/aromatic N) is 1. The van der Waals surface area contributed by atoms with Gasteiger partial charge in [-0.05, 0) is 43.9 Å². The Kier molecular flexibility index (Phi) is 3.06. The Hall–Kier alpha value is -1.02. The Morgan fingerprint density at radius 1 is 1.18 bits per heavy atom. The van der Waals surface area contributed by atoms with Crippen LogP contribution in [-0.4, -0.2) is 31.6 Å². The molecule has 1 saturated carbocycles. The van der Waals surface area contributed by atoms with E-state index >= 15 is 0 Å². The molecule has 0 bridgehead atoms. The summed E-state index contributed by atoms with van der Waals surface area (Å²) in [5.74, 6) is 1.72. The van der Waals surface area contributed by atoms with Crippen molar-refractivity contribution in [3.05, 3.63) is 29.8 Å². The van der Waals surface area contributed by atoms with E-state index in [1.54, 1.807) is 0 Å². The van der Waals surface area contributed by atoms with Crippen LogP contribution < -0.4 is 5.32 Å². The molecule has 0 aromatic heterocycles. The molecule has 1 fully saturated rings. The second-order valence-corrected chi connectivity index (χ2v) is 5.66. The van der Waals surface area contributed by atoms with Crippen molar-refractivity contribution in [3.63, 3.8) is 0 Å². The van der Waals surface area contributed by atoms with Crippen LogP contribution in [0.1, 0.15) is 30.7 Å². The zero-order chi connectivity index (χ0) is 11.7. The van der Waals surface area contributed by atoms with Crippen molar-refractivity contribution in [2.75, 3.05) is 32.0 Å². The Morgan fingerprint density at radius 3 is 2.82 bits per heavy atom. The SMILES string of the molecule is CN(CC1CC1)CC1CCNc2ccccc21. The van der Waals surface area contributed by atoms with Gasteiger partial charge in [0, 0.05) is 31.2 Å². The molecule has 1 aliphatic carbocycles. The van der Waals surface area contributed by atoms with Crippen molar-refractivity contribution in [1.29, 1.82) is 0 Å².